The number of aliphatic carboxylic acids is 1. The van der Waals surface area contributed by atoms with Crippen LogP contribution in [0, 0.1) is 23.7 Å². The van der Waals surface area contributed by atoms with Gasteiger partial charge in [-0.25, -0.2) is 0 Å². The van der Waals surface area contributed by atoms with Gasteiger partial charge in [-0.15, -0.1) is 0 Å². The number of hydrogen-bond acceptors (Lipinski definition) is 3. The van der Waals surface area contributed by atoms with E-state index < -0.39 is 5.97 Å². The quantitative estimate of drug-likeness (QED) is 0.750. The normalized spacial score (nSPS) is 30.1. The molecule has 0 aromatic carbocycles. The highest BCUT2D eigenvalue weighted by Crippen LogP contribution is 2.38. The second-order valence-corrected chi connectivity index (χ2v) is 4.89. The van der Waals surface area contributed by atoms with Crippen molar-refractivity contribution in [3.05, 3.63) is 0 Å². The summed E-state index contributed by atoms with van der Waals surface area (Å²) < 4.78 is 4.77. The summed E-state index contributed by atoms with van der Waals surface area (Å²) in [5, 5.41) is 8.98. The van der Waals surface area contributed by atoms with Crippen molar-refractivity contribution in [3.63, 3.8) is 0 Å². The minimum atomic E-state index is -0.795. The number of carbonyl (C=O) groups is 2. The van der Waals surface area contributed by atoms with Gasteiger partial charge in [-0.05, 0) is 31.1 Å². The van der Waals surface area contributed by atoms with Gasteiger partial charge in [0.15, 0.2) is 0 Å². The highest BCUT2D eigenvalue weighted by Gasteiger charge is 2.39. The van der Waals surface area contributed by atoms with Crippen LogP contribution < -0.4 is 0 Å². The van der Waals surface area contributed by atoms with Gasteiger partial charge in [-0.2, -0.15) is 0 Å². The van der Waals surface area contributed by atoms with Crippen molar-refractivity contribution < 1.29 is 19.4 Å². The van der Waals surface area contributed by atoms with Crippen molar-refractivity contribution in [2.24, 2.45) is 23.7 Å². The molecule has 92 valence electrons. The molecule has 0 radical (unpaired) electrons. The van der Waals surface area contributed by atoms with Crippen molar-refractivity contribution in [1.29, 1.82) is 0 Å². The second kappa shape index (κ2) is 5.32. The van der Waals surface area contributed by atoms with Gasteiger partial charge >= 0.3 is 11.9 Å². The molecule has 0 spiro atoms. The average molecular weight is 228 g/mol. The third-order valence-electron chi connectivity index (χ3n) is 3.61. The van der Waals surface area contributed by atoms with E-state index in [2.05, 4.69) is 13.8 Å². The van der Waals surface area contributed by atoms with Crippen LogP contribution >= 0.6 is 0 Å². The largest absolute Gasteiger partial charge is 0.481 e. The lowest BCUT2D eigenvalue weighted by molar-refractivity contribution is -0.153. The van der Waals surface area contributed by atoms with Crippen LogP contribution in [0.3, 0.4) is 0 Å². The topological polar surface area (TPSA) is 63.6 Å². The van der Waals surface area contributed by atoms with Gasteiger partial charge in [0.1, 0.15) is 0 Å². The third kappa shape index (κ3) is 2.74. The summed E-state index contributed by atoms with van der Waals surface area (Å²) in [4.78, 5) is 22.6. The van der Waals surface area contributed by atoms with Crippen LogP contribution in [0.2, 0.25) is 0 Å². The fourth-order valence-electron chi connectivity index (χ4n) is 2.64. The molecule has 0 aromatic rings. The summed E-state index contributed by atoms with van der Waals surface area (Å²) in [7, 11) is 1.37. The van der Waals surface area contributed by atoms with E-state index >= 15 is 0 Å². The Morgan fingerprint density at radius 1 is 1.31 bits per heavy atom. The minimum Gasteiger partial charge on any atom is -0.481 e. The molecule has 1 saturated carbocycles. The summed E-state index contributed by atoms with van der Waals surface area (Å²) in [6.45, 7) is 4.14. The summed E-state index contributed by atoms with van der Waals surface area (Å²) in [6, 6.07) is 0. The maximum absolute atomic E-state index is 11.6. The molecule has 4 nitrogen and oxygen atoms in total. The van der Waals surface area contributed by atoms with E-state index in [0.29, 0.717) is 18.8 Å². The zero-order valence-electron chi connectivity index (χ0n) is 10.1. The third-order valence-corrected chi connectivity index (χ3v) is 3.61. The van der Waals surface area contributed by atoms with E-state index in [1.165, 1.54) is 7.11 Å². The monoisotopic (exact) mass is 228 g/mol. The Bertz CT molecular complexity index is 272. The van der Waals surface area contributed by atoms with Gasteiger partial charge in [-0.1, -0.05) is 13.8 Å². The number of carboxylic acids is 1. The van der Waals surface area contributed by atoms with Crippen LogP contribution in [-0.4, -0.2) is 24.2 Å². The minimum absolute atomic E-state index is 0.250. The lowest BCUT2D eigenvalue weighted by atomic mass is 9.69. The number of hydrogen-bond donors (Lipinski definition) is 1. The molecule has 1 rings (SSSR count). The van der Waals surface area contributed by atoms with Crippen molar-refractivity contribution in [2.75, 3.05) is 7.11 Å². The van der Waals surface area contributed by atoms with Gasteiger partial charge in [0.2, 0.25) is 0 Å². The molecule has 3 unspecified atom stereocenters. The van der Waals surface area contributed by atoms with Crippen molar-refractivity contribution in [3.8, 4) is 0 Å². The maximum Gasteiger partial charge on any atom is 0.308 e. The van der Waals surface area contributed by atoms with Crippen LogP contribution in [0.25, 0.3) is 0 Å². The van der Waals surface area contributed by atoms with Crippen molar-refractivity contribution >= 4 is 11.9 Å². The Morgan fingerprint density at radius 2 is 1.94 bits per heavy atom. The van der Waals surface area contributed by atoms with Crippen molar-refractivity contribution in [1.82, 2.24) is 0 Å². The van der Waals surface area contributed by atoms with Gasteiger partial charge in [0, 0.05) is 0 Å². The standard InChI is InChI=1S/C12H20O4/c1-7(2)9-5-4-8(11(13)14)6-10(9)12(15)16-3/h7-10H,4-6H2,1-3H3,(H,13,14). The Balaban J connectivity index is 2.77. The molecule has 0 bridgehead atoms. The van der Waals surface area contributed by atoms with E-state index in [-0.39, 0.29) is 23.7 Å². The van der Waals surface area contributed by atoms with Gasteiger partial charge in [0.05, 0.1) is 18.9 Å². The number of ether oxygens (including phenoxy) is 1. The number of carboxylic acid groups (broad SMARTS) is 1. The van der Waals surface area contributed by atoms with Crippen molar-refractivity contribution in [2.45, 2.75) is 33.1 Å². The molecular formula is C12H20O4. The Kier molecular flexibility index (Phi) is 4.33. The molecule has 0 aliphatic heterocycles. The second-order valence-electron chi connectivity index (χ2n) is 4.89. The first kappa shape index (κ1) is 13.0. The molecule has 0 amide bonds. The molecular weight excluding hydrogens is 208 g/mol. The summed E-state index contributed by atoms with van der Waals surface area (Å²) >= 11 is 0. The number of carbonyl (C=O) groups excluding carboxylic acids is 1. The zero-order valence-corrected chi connectivity index (χ0v) is 10.1. The molecule has 0 saturated heterocycles. The van der Waals surface area contributed by atoms with E-state index in [4.69, 9.17) is 9.84 Å². The van der Waals surface area contributed by atoms with E-state index in [1.807, 2.05) is 0 Å². The molecule has 1 aliphatic rings. The van der Waals surface area contributed by atoms with E-state index in [0.717, 1.165) is 6.42 Å². The predicted octanol–water partition coefficient (Wildman–Crippen LogP) is 1.93. The van der Waals surface area contributed by atoms with E-state index in [1.54, 1.807) is 0 Å². The van der Waals surface area contributed by atoms with Crippen LogP contribution in [-0.2, 0) is 14.3 Å². The Labute approximate surface area is 96.0 Å². The molecule has 3 atom stereocenters. The van der Waals surface area contributed by atoms with Crippen LogP contribution in [0.1, 0.15) is 33.1 Å². The number of rotatable bonds is 3. The fourth-order valence-corrected chi connectivity index (χ4v) is 2.64. The first-order valence-corrected chi connectivity index (χ1v) is 5.78. The highest BCUT2D eigenvalue weighted by atomic mass is 16.5. The van der Waals surface area contributed by atoms with Crippen LogP contribution in [0.4, 0.5) is 0 Å². The molecule has 1 N–H and O–H groups in total. The SMILES string of the molecule is COC(=O)C1CC(C(=O)O)CCC1C(C)C. The molecule has 16 heavy (non-hydrogen) atoms. The lowest BCUT2D eigenvalue weighted by Crippen LogP contribution is -2.36. The number of esters is 1. The summed E-state index contributed by atoms with van der Waals surface area (Å²) in [5.74, 6) is -1.05. The summed E-state index contributed by atoms with van der Waals surface area (Å²) in [5.41, 5.74) is 0. The molecule has 1 fully saturated rings. The maximum atomic E-state index is 11.6. The van der Waals surface area contributed by atoms with Crippen LogP contribution in [0.5, 0.6) is 0 Å². The predicted molar refractivity (Wildman–Crippen MR) is 58.8 cm³/mol. The van der Waals surface area contributed by atoms with Gasteiger partial charge in [0.25, 0.3) is 0 Å². The number of methoxy groups -OCH3 is 1. The van der Waals surface area contributed by atoms with E-state index in [9.17, 15) is 9.59 Å². The molecule has 0 heterocycles. The first-order valence-electron chi connectivity index (χ1n) is 5.78. The zero-order chi connectivity index (χ0) is 12.3. The lowest BCUT2D eigenvalue weighted by Gasteiger charge is -2.35. The Morgan fingerprint density at radius 3 is 2.38 bits per heavy atom. The highest BCUT2D eigenvalue weighted by molar-refractivity contribution is 5.75. The van der Waals surface area contributed by atoms with Gasteiger partial charge < -0.3 is 9.84 Å². The Hall–Kier alpha value is -1.06. The van der Waals surface area contributed by atoms with Crippen LogP contribution in [0.15, 0.2) is 0 Å². The summed E-state index contributed by atoms with van der Waals surface area (Å²) in [6.07, 6.45) is 1.89. The first-order chi connectivity index (χ1) is 7.47. The average Bonchev–Trinajstić information content (AvgIpc) is 2.26. The molecule has 1 aliphatic carbocycles. The fraction of sp³-hybridized carbons (Fsp3) is 0.833. The van der Waals surface area contributed by atoms with Gasteiger partial charge in [-0.3, -0.25) is 9.59 Å². The molecule has 4 heteroatoms. The molecule has 0 aromatic heterocycles. The smallest absolute Gasteiger partial charge is 0.308 e.